The molecule has 1 heterocycles. The molecule has 0 fully saturated rings. The summed E-state index contributed by atoms with van der Waals surface area (Å²) in [5, 5.41) is 0.676. The second kappa shape index (κ2) is 5.63. The highest BCUT2D eigenvalue weighted by Crippen LogP contribution is 2.32. The molecule has 2 rings (SSSR count). The van der Waals surface area contributed by atoms with Crippen LogP contribution in [-0.2, 0) is 0 Å². The van der Waals surface area contributed by atoms with Crippen LogP contribution in [0, 0.1) is 6.92 Å². The molecule has 6 heteroatoms. The number of nitrogens with zero attached hydrogens (tertiary/aromatic N) is 2. The average molecular weight is 299 g/mol. The lowest BCUT2D eigenvalue weighted by Gasteiger charge is -2.09. The molecule has 4 nitrogen and oxygen atoms in total. The maximum Gasteiger partial charge on any atom is 0.162 e. The Morgan fingerprint density at radius 2 is 1.53 bits per heavy atom. The topological polar surface area (TPSA) is 44.2 Å². The highest BCUT2D eigenvalue weighted by atomic mass is 35.5. The van der Waals surface area contributed by atoms with E-state index in [4.69, 9.17) is 32.7 Å². The summed E-state index contributed by atoms with van der Waals surface area (Å²) in [6.07, 6.45) is 0. The van der Waals surface area contributed by atoms with Crippen LogP contribution in [0.4, 0.5) is 0 Å². The van der Waals surface area contributed by atoms with Crippen LogP contribution >= 0.6 is 23.2 Å². The fourth-order valence-electron chi connectivity index (χ4n) is 1.57. The molecule has 0 N–H and O–H groups in total. The van der Waals surface area contributed by atoms with E-state index in [1.165, 1.54) is 0 Å². The highest BCUT2D eigenvalue weighted by Gasteiger charge is 2.12. The normalized spacial score (nSPS) is 10.4. The van der Waals surface area contributed by atoms with Gasteiger partial charge in [0.15, 0.2) is 17.3 Å². The Bertz CT molecular complexity index is 595. The smallest absolute Gasteiger partial charge is 0.162 e. The van der Waals surface area contributed by atoms with Crippen molar-refractivity contribution in [2.75, 3.05) is 14.2 Å². The van der Waals surface area contributed by atoms with Gasteiger partial charge in [-0.15, -0.1) is 0 Å². The van der Waals surface area contributed by atoms with E-state index in [9.17, 15) is 0 Å². The van der Waals surface area contributed by atoms with Crippen molar-refractivity contribution in [2.24, 2.45) is 0 Å². The summed E-state index contributed by atoms with van der Waals surface area (Å²) in [5.74, 6) is 1.67. The molecular weight excluding hydrogens is 287 g/mol. The summed E-state index contributed by atoms with van der Waals surface area (Å²) in [5.41, 5.74) is 1.41. The second-order valence-corrected chi connectivity index (χ2v) is 4.54. The average Bonchev–Trinajstić information content (AvgIpc) is 2.43. The first-order valence-corrected chi connectivity index (χ1v) is 6.24. The minimum Gasteiger partial charge on any atom is -0.493 e. The van der Waals surface area contributed by atoms with Crippen molar-refractivity contribution in [1.82, 2.24) is 9.97 Å². The van der Waals surface area contributed by atoms with Crippen LogP contribution in [0.2, 0.25) is 10.3 Å². The van der Waals surface area contributed by atoms with E-state index in [0.717, 1.165) is 5.56 Å². The molecule has 0 amide bonds. The number of benzene rings is 1. The van der Waals surface area contributed by atoms with Crippen LogP contribution < -0.4 is 9.47 Å². The summed E-state index contributed by atoms with van der Waals surface area (Å²) >= 11 is 12.0. The summed E-state index contributed by atoms with van der Waals surface area (Å²) < 4.78 is 10.4. The Morgan fingerprint density at radius 1 is 0.947 bits per heavy atom. The summed E-state index contributed by atoms with van der Waals surface area (Å²) in [7, 11) is 3.14. The van der Waals surface area contributed by atoms with Crippen molar-refractivity contribution in [2.45, 2.75) is 6.92 Å². The fourth-order valence-corrected chi connectivity index (χ4v) is 1.96. The highest BCUT2D eigenvalue weighted by molar-refractivity contribution is 6.34. The van der Waals surface area contributed by atoms with Crippen LogP contribution in [0.3, 0.4) is 0 Å². The molecule has 0 unspecified atom stereocenters. The zero-order valence-corrected chi connectivity index (χ0v) is 12.2. The van der Waals surface area contributed by atoms with Crippen molar-refractivity contribution in [1.29, 1.82) is 0 Å². The van der Waals surface area contributed by atoms with Gasteiger partial charge in [0.25, 0.3) is 0 Å². The molecule has 1 aromatic carbocycles. The zero-order chi connectivity index (χ0) is 14.0. The van der Waals surface area contributed by atoms with Gasteiger partial charge >= 0.3 is 0 Å². The Balaban J connectivity index is 2.53. The van der Waals surface area contributed by atoms with Gasteiger partial charge in [0.05, 0.1) is 14.2 Å². The standard InChI is InChI=1S/C13H12Cl2N2O2/c1-7-11(14)16-13(17-12(7)15)8-4-5-9(18-2)10(6-8)19-3/h4-6H,1-3H3. The number of rotatable bonds is 3. The van der Waals surface area contributed by atoms with Gasteiger partial charge in [0.2, 0.25) is 0 Å². The first-order valence-electron chi connectivity index (χ1n) is 5.49. The summed E-state index contributed by atoms with van der Waals surface area (Å²) in [4.78, 5) is 8.42. The molecular formula is C13H12Cl2N2O2. The number of hydrogen-bond acceptors (Lipinski definition) is 4. The molecule has 1 aromatic heterocycles. The Morgan fingerprint density at radius 3 is 2.05 bits per heavy atom. The molecule has 0 aliphatic heterocycles. The molecule has 0 saturated heterocycles. The molecule has 0 spiro atoms. The minimum absolute atomic E-state index is 0.338. The minimum atomic E-state index is 0.338. The monoisotopic (exact) mass is 298 g/mol. The lowest BCUT2D eigenvalue weighted by Crippen LogP contribution is -1.95. The van der Waals surface area contributed by atoms with E-state index in [1.54, 1.807) is 33.3 Å². The largest absolute Gasteiger partial charge is 0.493 e. The van der Waals surface area contributed by atoms with Gasteiger partial charge in [-0.2, -0.15) is 0 Å². The first kappa shape index (κ1) is 13.9. The van der Waals surface area contributed by atoms with Crippen molar-refractivity contribution in [3.63, 3.8) is 0 Å². The lowest BCUT2D eigenvalue weighted by molar-refractivity contribution is 0.355. The van der Waals surface area contributed by atoms with Gasteiger partial charge < -0.3 is 9.47 Å². The lowest BCUT2D eigenvalue weighted by atomic mass is 10.2. The van der Waals surface area contributed by atoms with Gasteiger partial charge in [0.1, 0.15) is 10.3 Å². The molecule has 0 radical (unpaired) electrons. The Hall–Kier alpha value is -1.52. The summed E-state index contributed by atoms with van der Waals surface area (Å²) in [6, 6.07) is 5.37. The third kappa shape index (κ3) is 2.74. The number of halogens is 2. The van der Waals surface area contributed by atoms with Gasteiger partial charge in [-0.25, -0.2) is 9.97 Å². The number of hydrogen-bond donors (Lipinski definition) is 0. The van der Waals surface area contributed by atoms with Crippen molar-refractivity contribution in [3.8, 4) is 22.9 Å². The number of aromatic nitrogens is 2. The van der Waals surface area contributed by atoms with E-state index in [2.05, 4.69) is 9.97 Å². The van der Waals surface area contributed by atoms with E-state index >= 15 is 0 Å². The van der Waals surface area contributed by atoms with Crippen LogP contribution in [0.15, 0.2) is 18.2 Å². The van der Waals surface area contributed by atoms with Crippen molar-refractivity contribution in [3.05, 3.63) is 34.1 Å². The van der Waals surface area contributed by atoms with Gasteiger partial charge in [-0.05, 0) is 25.1 Å². The zero-order valence-electron chi connectivity index (χ0n) is 10.7. The second-order valence-electron chi connectivity index (χ2n) is 3.82. The van der Waals surface area contributed by atoms with E-state index in [1.807, 2.05) is 6.07 Å². The van der Waals surface area contributed by atoms with Gasteiger partial charge in [-0.3, -0.25) is 0 Å². The molecule has 0 aliphatic carbocycles. The van der Waals surface area contributed by atoms with Crippen LogP contribution in [0.1, 0.15) is 5.56 Å². The SMILES string of the molecule is COc1ccc(-c2nc(Cl)c(C)c(Cl)n2)cc1OC. The molecule has 0 atom stereocenters. The Labute approximate surface area is 121 Å². The number of methoxy groups -OCH3 is 2. The van der Waals surface area contributed by atoms with Crippen molar-refractivity contribution < 1.29 is 9.47 Å². The molecule has 0 aliphatic rings. The molecule has 0 bridgehead atoms. The third-order valence-corrected chi connectivity index (χ3v) is 3.40. The fraction of sp³-hybridized carbons (Fsp3) is 0.231. The van der Waals surface area contributed by atoms with Gasteiger partial charge in [0, 0.05) is 11.1 Å². The maximum absolute atomic E-state index is 6.01. The van der Waals surface area contributed by atoms with Crippen LogP contribution in [0.25, 0.3) is 11.4 Å². The molecule has 19 heavy (non-hydrogen) atoms. The van der Waals surface area contributed by atoms with Crippen LogP contribution in [-0.4, -0.2) is 24.2 Å². The van der Waals surface area contributed by atoms with E-state index in [-0.39, 0.29) is 0 Å². The molecule has 2 aromatic rings. The van der Waals surface area contributed by atoms with Crippen molar-refractivity contribution >= 4 is 23.2 Å². The Kier molecular flexibility index (Phi) is 4.12. The van der Waals surface area contributed by atoms with Gasteiger partial charge in [-0.1, -0.05) is 23.2 Å². The van der Waals surface area contributed by atoms with E-state index in [0.29, 0.717) is 33.2 Å². The maximum atomic E-state index is 6.01. The quantitative estimate of drug-likeness (QED) is 0.809. The first-order chi connectivity index (χ1) is 9.06. The van der Waals surface area contributed by atoms with Crippen LogP contribution in [0.5, 0.6) is 11.5 Å². The number of ether oxygens (including phenoxy) is 2. The third-order valence-electron chi connectivity index (χ3n) is 2.67. The van der Waals surface area contributed by atoms with E-state index < -0.39 is 0 Å². The summed E-state index contributed by atoms with van der Waals surface area (Å²) in [6.45, 7) is 1.77. The molecule has 0 saturated carbocycles. The predicted molar refractivity (Wildman–Crippen MR) is 75.3 cm³/mol. The predicted octanol–water partition coefficient (Wildman–Crippen LogP) is 3.78. The molecule has 100 valence electrons.